The maximum absolute atomic E-state index is 12.7. The first-order chi connectivity index (χ1) is 17.4. The number of hydrogen-bond acceptors (Lipinski definition) is 5. The molecule has 0 unspecified atom stereocenters. The largest absolute Gasteiger partial charge is 0.426 e. The van der Waals surface area contributed by atoms with Gasteiger partial charge < -0.3 is 4.74 Å². The van der Waals surface area contributed by atoms with Crippen molar-refractivity contribution in [2.24, 2.45) is 0 Å². The number of rotatable bonds is 10. The number of hydrogen-bond donors (Lipinski definition) is 0. The van der Waals surface area contributed by atoms with E-state index in [-0.39, 0.29) is 24.3 Å². The molecule has 0 amide bonds. The fourth-order valence-corrected chi connectivity index (χ4v) is 6.95. The van der Waals surface area contributed by atoms with Crippen molar-refractivity contribution < 1.29 is 22.1 Å². The van der Waals surface area contributed by atoms with Gasteiger partial charge in [0.1, 0.15) is 5.75 Å². The van der Waals surface area contributed by atoms with Crippen LogP contribution in [-0.4, -0.2) is 21.0 Å². The van der Waals surface area contributed by atoms with Gasteiger partial charge in [-0.3, -0.25) is 8.98 Å². The number of esters is 1. The summed E-state index contributed by atoms with van der Waals surface area (Å²) in [5.41, 5.74) is 0.958. The zero-order chi connectivity index (χ0) is 25.4. The summed E-state index contributed by atoms with van der Waals surface area (Å²) in [5.74, 6) is 0.0735. The summed E-state index contributed by atoms with van der Waals surface area (Å²) in [4.78, 5) is 12.8. The third kappa shape index (κ3) is 6.67. The van der Waals surface area contributed by atoms with Gasteiger partial charge in [0.15, 0.2) is 0 Å². The maximum atomic E-state index is 12.7. The minimum absolute atomic E-state index is 0.0341. The van der Waals surface area contributed by atoms with Gasteiger partial charge in [-0.2, -0.15) is 8.42 Å². The first-order valence-corrected chi connectivity index (χ1v) is 14.3. The molecule has 0 bridgehead atoms. The Morgan fingerprint density at radius 1 is 0.750 bits per heavy atom. The van der Waals surface area contributed by atoms with Crippen LogP contribution in [0.1, 0.15) is 18.4 Å². The first-order valence-electron chi connectivity index (χ1n) is 11.6. The highest BCUT2D eigenvalue weighted by atomic mass is 32.2. The number of carbonyl (C=O) groups is 1. The lowest BCUT2D eigenvalue weighted by Crippen LogP contribution is -2.23. The number of aryl methyl sites for hydroxylation is 1. The molecular weight excluding hydrogens is 491 g/mol. The second-order valence-electron chi connectivity index (χ2n) is 8.14. The smallest absolute Gasteiger partial charge is 0.311 e. The molecule has 5 nitrogen and oxygen atoms in total. The van der Waals surface area contributed by atoms with Crippen LogP contribution < -0.4 is 20.7 Å². The van der Waals surface area contributed by atoms with E-state index in [1.54, 1.807) is 18.2 Å². The SMILES string of the molecule is Cc1ccc(S(=O)(=O)OCCCC(=O)Oc2ccccc2P(c2ccccc2)c2ccccc2)cc1. The summed E-state index contributed by atoms with van der Waals surface area (Å²) in [5, 5.41) is 3.24. The second-order valence-corrected chi connectivity index (χ2v) is 11.9. The quantitative estimate of drug-likeness (QED) is 0.0988. The molecule has 0 aliphatic carbocycles. The molecule has 0 saturated carbocycles. The van der Waals surface area contributed by atoms with Crippen LogP contribution in [0.4, 0.5) is 0 Å². The molecule has 0 radical (unpaired) electrons. The number of carbonyl (C=O) groups excluding carboxylic acids is 1. The summed E-state index contributed by atoms with van der Waals surface area (Å²) < 4.78 is 35.5. The van der Waals surface area contributed by atoms with Crippen molar-refractivity contribution in [1.82, 2.24) is 0 Å². The van der Waals surface area contributed by atoms with E-state index in [1.807, 2.05) is 61.5 Å². The van der Waals surface area contributed by atoms with Crippen LogP contribution in [0.2, 0.25) is 0 Å². The van der Waals surface area contributed by atoms with Crippen molar-refractivity contribution in [3.63, 3.8) is 0 Å². The van der Waals surface area contributed by atoms with E-state index >= 15 is 0 Å². The molecule has 36 heavy (non-hydrogen) atoms. The summed E-state index contributed by atoms with van der Waals surface area (Å²) in [6.45, 7) is 1.78. The molecule has 0 N–H and O–H groups in total. The first kappa shape index (κ1) is 25.8. The fraction of sp³-hybridized carbons (Fsp3) is 0.138. The minimum atomic E-state index is -3.86. The molecule has 0 aliphatic heterocycles. The molecule has 0 aliphatic rings. The lowest BCUT2D eigenvalue weighted by Gasteiger charge is -2.21. The molecule has 0 aromatic heterocycles. The summed E-state index contributed by atoms with van der Waals surface area (Å²) in [6.07, 6.45) is 0.255. The minimum Gasteiger partial charge on any atom is -0.426 e. The Kier molecular flexibility index (Phi) is 8.65. The Morgan fingerprint density at radius 2 is 1.31 bits per heavy atom. The van der Waals surface area contributed by atoms with Gasteiger partial charge in [-0.05, 0) is 50.1 Å². The summed E-state index contributed by atoms with van der Waals surface area (Å²) in [6, 6.07) is 34.3. The van der Waals surface area contributed by atoms with Crippen molar-refractivity contribution in [2.75, 3.05) is 6.61 Å². The van der Waals surface area contributed by atoms with Gasteiger partial charge in [0, 0.05) is 11.7 Å². The predicted octanol–water partition coefficient (Wildman–Crippen LogP) is 4.84. The Balaban J connectivity index is 1.43. The van der Waals surface area contributed by atoms with Crippen molar-refractivity contribution in [3.05, 3.63) is 115 Å². The second kappa shape index (κ2) is 12.1. The van der Waals surface area contributed by atoms with Gasteiger partial charge in [-0.15, -0.1) is 0 Å². The van der Waals surface area contributed by atoms with Crippen molar-refractivity contribution in [2.45, 2.75) is 24.7 Å². The highest BCUT2D eigenvalue weighted by Crippen LogP contribution is 2.36. The summed E-state index contributed by atoms with van der Waals surface area (Å²) >= 11 is 0. The van der Waals surface area contributed by atoms with Crippen molar-refractivity contribution in [3.8, 4) is 5.75 Å². The van der Waals surface area contributed by atoms with Crippen LogP contribution in [0.15, 0.2) is 114 Å². The van der Waals surface area contributed by atoms with Gasteiger partial charge >= 0.3 is 5.97 Å². The van der Waals surface area contributed by atoms with E-state index < -0.39 is 24.0 Å². The van der Waals surface area contributed by atoms with E-state index in [0.717, 1.165) is 21.5 Å². The Morgan fingerprint density at radius 3 is 1.92 bits per heavy atom. The lowest BCUT2D eigenvalue weighted by molar-refractivity contribution is -0.134. The highest BCUT2D eigenvalue weighted by molar-refractivity contribution is 7.86. The standard InChI is InChI=1S/C29H27O5PS/c1-23-18-20-26(21-19-23)36(31,32)33-22-10-17-29(30)34-27-15-8-9-16-28(27)35(24-11-4-2-5-12-24)25-13-6-3-7-14-25/h2-9,11-16,18-21H,10,17,22H2,1H3. The number of para-hydroxylation sites is 1. The molecule has 0 heterocycles. The molecule has 184 valence electrons. The van der Waals surface area contributed by atoms with Crippen LogP contribution in [0, 0.1) is 6.92 Å². The zero-order valence-electron chi connectivity index (χ0n) is 19.9. The molecular formula is C29H27O5PS. The number of ether oxygens (including phenoxy) is 1. The Labute approximate surface area is 213 Å². The lowest BCUT2D eigenvalue weighted by atomic mass is 10.2. The van der Waals surface area contributed by atoms with E-state index in [0.29, 0.717) is 5.75 Å². The number of benzene rings is 4. The molecule has 0 fully saturated rings. The third-order valence-electron chi connectivity index (χ3n) is 5.43. The van der Waals surface area contributed by atoms with E-state index in [2.05, 4.69) is 24.3 Å². The molecule has 4 aromatic carbocycles. The average molecular weight is 519 g/mol. The zero-order valence-corrected chi connectivity index (χ0v) is 21.6. The summed E-state index contributed by atoms with van der Waals surface area (Å²) in [7, 11) is -4.80. The third-order valence-corrected chi connectivity index (χ3v) is 9.24. The van der Waals surface area contributed by atoms with Crippen LogP contribution in [-0.2, 0) is 19.1 Å². The van der Waals surface area contributed by atoms with Gasteiger partial charge in [-0.25, -0.2) is 0 Å². The Bertz CT molecular complexity index is 1350. The predicted molar refractivity (Wildman–Crippen MR) is 144 cm³/mol. The van der Waals surface area contributed by atoms with Gasteiger partial charge in [-0.1, -0.05) is 96.6 Å². The van der Waals surface area contributed by atoms with E-state index in [1.165, 1.54) is 12.1 Å². The van der Waals surface area contributed by atoms with Crippen molar-refractivity contribution >= 4 is 39.9 Å². The maximum Gasteiger partial charge on any atom is 0.311 e. The average Bonchev–Trinajstić information content (AvgIpc) is 2.89. The van der Waals surface area contributed by atoms with Crippen LogP contribution >= 0.6 is 7.92 Å². The molecule has 4 aromatic rings. The normalized spacial score (nSPS) is 11.4. The van der Waals surface area contributed by atoms with Gasteiger partial charge in [0.2, 0.25) is 0 Å². The van der Waals surface area contributed by atoms with Gasteiger partial charge in [0.25, 0.3) is 10.1 Å². The molecule has 0 atom stereocenters. The highest BCUT2D eigenvalue weighted by Gasteiger charge is 2.21. The van der Waals surface area contributed by atoms with Crippen LogP contribution in [0.5, 0.6) is 5.75 Å². The fourth-order valence-electron chi connectivity index (χ4n) is 3.64. The molecule has 0 saturated heterocycles. The molecule has 0 spiro atoms. The van der Waals surface area contributed by atoms with Crippen molar-refractivity contribution in [1.29, 1.82) is 0 Å². The topological polar surface area (TPSA) is 69.7 Å². The van der Waals surface area contributed by atoms with E-state index in [4.69, 9.17) is 8.92 Å². The molecule has 4 rings (SSSR count). The van der Waals surface area contributed by atoms with E-state index in [9.17, 15) is 13.2 Å². The van der Waals surface area contributed by atoms with Crippen LogP contribution in [0.3, 0.4) is 0 Å². The van der Waals surface area contributed by atoms with Crippen LogP contribution in [0.25, 0.3) is 0 Å². The van der Waals surface area contributed by atoms with Gasteiger partial charge in [0.05, 0.1) is 11.5 Å². The Hall–Kier alpha value is -3.31. The molecule has 7 heteroatoms. The monoisotopic (exact) mass is 518 g/mol.